The van der Waals surface area contributed by atoms with E-state index in [1.54, 1.807) is 22.8 Å². The summed E-state index contributed by atoms with van der Waals surface area (Å²) < 4.78 is 38.2. The Hall–Kier alpha value is -0.660. The van der Waals surface area contributed by atoms with Crippen LogP contribution in [0.2, 0.25) is 5.02 Å². The predicted octanol–water partition coefficient (Wildman–Crippen LogP) is 4.61. The number of fused-ring (bicyclic) bond motifs is 1. The van der Waals surface area contributed by atoms with E-state index in [1.165, 1.54) is 0 Å². The van der Waals surface area contributed by atoms with Crippen LogP contribution in [0.1, 0.15) is 0 Å². The van der Waals surface area contributed by atoms with Crippen LogP contribution in [-0.4, -0.2) is 20.8 Å². The Kier molecular flexibility index (Phi) is 3.93. The summed E-state index contributed by atoms with van der Waals surface area (Å²) in [6.07, 6.45) is 0. The normalized spacial score (nSPS) is 12.2. The van der Waals surface area contributed by atoms with Gasteiger partial charge < -0.3 is 9.55 Å². The van der Waals surface area contributed by atoms with Crippen LogP contribution in [0, 0.1) is 4.77 Å². The van der Waals surface area contributed by atoms with Gasteiger partial charge in [-0.2, -0.15) is 13.2 Å². The molecule has 0 bridgehead atoms. The van der Waals surface area contributed by atoms with Gasteiger partial charge >= 0.3 is 5.51 Å². The monoisotopic (exact) mass is 312 g/mol. The van der Waals surface area contributed by atoms with Crippen molar-refractivity contribution in [3.63, 3.8) is 0 Å². The third kappa shape index (κ3) is 3.02. The van der Waals surface area contributed by atoms with Gasteiger partial charge in [-0.15, -0.1) is 0 Å². The minimum Gasteiger partial charge on any atom is -0.329 e. The lowest BCUT2D eigenvalue weighted by Crippen LogP contribution is -2.06. The zero-order valence-corrected chi connectivity index (χ0v) is 11.3. The lowest BCUT2D eigenvalue weighted by Gasteiger charge is -2.07. The fraction of sp³-hybridized carbons (Fsp3) is 0.300. The summed E-state index contributed by atoms with van der Waals surface area (Å²) in [5, 5.41) is 0.501. The molecule has 2 nitrogen and oxygen atoms in total. The van der Waals surface area contributed by atoms with Crippen LogP contribution in [0.25, 0.3) is 11.0 Å². The number of aromatic amines is 1. The number of benzene rings is 1. The molecule has 0 atom stereocenters. The number of thioether (sulfide) groups is 1. The number of alkyl halides is 3. The number of H-pyrrole nitrogens is 1. The first-order valence-electron chi connectivity index (χ1n) is 4.96. The van der Waals surface area contributed by atoms with E-state index in [4.69, 9.17) is 23.8 Å². The van der Waals surface area contributed by atoms with Crippen LogP contribution in [0.5, 0.6) is 0 Å². The maximum Gasteiger partial charge on any atom is 0.441 e. The van der Waals surface area contributed by atoms with E-state index < -0.39 is 5.51 Å². The lowest BCUT2D eigenvalue weighted by atomic mass is 10.3. The highest BCUT2D eigenvalue weighted by atomic mass is 35.5. The topological polar surface area (TPSA) is 20.7 Å². The van der Waals surface area contributed by atoms with Crippen LogP contribution in [0.15, 0.2) is 18.2 Å². The van der Waals surface area contributed by atoms with Crippen molar-refractivity contribution in [1.29, 1.82) is 0 Å². The van der Waals surface area contributed by atoms with E-state index in [1.807, 2.05) is 0 Å². The Morgan fingerprint density at radius 2 is 2.11 bits per heavy atom. The van der Waals surface area contributed by atoms with Crippen LogP contribution in [-0.2, 0) is 6.54 Å². The fourth-order valence-corrected chi connectivity index (χ4v) is 2.63. The zero-order valence-electron chi connectivity index (χ0n) is 8.92. The van der Waals surface area contributed by atoms with Crippen molar-refractivity contribution < 1.29 is 13.2 Å². The van der Waals surface area contributed by atoms with Crippen LogP contribution >= 0.6 is 35.6 Å². The number of halogens is 4. The van der Waals surface area contributed by atoms with Gasteiger partial charge in [0.25, 0.3) is 0 Å². The third-order valence-corrected chi connectivity index (χ3v) is 3.69. The van der Waals surface area contributed by atoms with Gasteiger partial charge in [0.1, 0.15) is 0 Å². The summed E-state index contributed by atoms with van der Waals surface area (Å²) >= 11 is 11.0. The fourth-order valence-electron chi connectivity index (χ4n) is 1.62. The number of nitrogens with zero attached hydrogens (tertiary/aromatic N) is 1. The van der Waals surface area contributed by atoms with E-state index in [0.717, 1.165) is 5.52 Å². The van der Waals surface area contributed by atoms with Gasteiger partial charge in [-0.1, -0.05) is 17.7 Å². The standard InChI is InChI=1S/C10H8ClF3N2S2/c11-6-2-1-3-7-8(6)15-9(17)16(7)4-5-18-10(12,13)14/h1-3H,4-5H2,(H,15,17). The van der Waals surface area contributed by atoms with Crippen LogP contribution in [0.3, 0.4) is 0 Å². The number of rotatable bonds is 3. The quantitative estimate of drug-likeness (QED) is 0.836. The number of nitrogens with one attached hydrogen (secondary N) is 1. The summed E-state index contributed by atoms with van der Waals surface area (Å²) in [6.45, 7) is 0.184. The van der Waals surface area contributed by atoms with Gasteiger partial charge in [0, 0.05) is 12.3 Å². The highest BCUT2D eigenvalue weighted by Crippen LogP contribution is 2.30. The minimum absolute atomic E-state index is 0.0607. The summed E-state index contributed by atoms with van der Waals surface area (Å²) in [5.74, 6) is -0.0860. The predicted molar refractivity (Wildman–Crippen MR) is 70.6 cm³/mol. The van der Waals surface area contributed by atoms with E-state index in [2.05, 4.69) is 4.98 Å². The molecule has 2 rings (SSSR count). The van der Waals surface area contributed by atoms with Crippen molar-refractivity contribution in [2.45, 2.75) is 12.1 Å². The average Bonchev–Trinajstić information content (AvgIpc) is 2.56. The van der Waals surface area contributed by atoms with Gasteiger partial charge in [0.05, 0.1) is 16.1 Å². The SMILES string of the molecule is FC(F)(F)SCCn1c(=S)[nH]c2c(Cl)cccc21. The number of imidazole rings is 1. The van der Waals surface area contributed by atoms with Gasteiger partial charge in [0.15, 0.2) is 4.77 Å². The first-order valence-corrected chi connectivity index (χ1v) is 6.73. The molecule has 18 heavy (non-hydrogen) atoms. The van der Waals surface area contributed by atoms with Crippen molar-refractivity contribution in [2.24, 2.45) is 0 Å². The molecule has 1 heterocycles. The van der Waals surface area contributed by atoms with Gasteiger partial charge in [-0.25, -0.2) is 0 Å². The molecular weight excluding hydrogens is 305 g/mol. The molecule has 0 saturated heterocycles. The van der Waals surface area contributed by atoms with Crippen molar-refractivity contribution in [1.82, 2.24) is 9.55 Å². The summed E-state index contributed by atoms with van der Waals surface area (Å²) in [5.41, 5.74) is -2.84. The second-order valence-corrected chi connectivity index (χ2v) is 5.46. The van der Waals surface area contributed by atoms with Gasteiger partial charge in [-0.3, -0.25) is 0 Å². The number of hydrogen-bond acceptors (Lipinski definition) is 2. The van der Waals surface area contributed by atoms with Crippen LogP contribution < -0.4 is 0 Å². The van der Waals surface area contributed by atoms with E-state index in [-0.39, 0.29) is 24.1 Å². The maximum absolute atomic E-state index is 12.1. The van der Waals surface area contributed by atoms with E-state index in [9.17, 15) is 13.2 Å². The molecule has 0 saturated carbocycles. The molecule has 1 N–H and O–H groups in total. The molecular formula is C10H8ClF3N2S2. The molecule has 1 aromatic carbocycles. The molecule has 0 fully saturated rings. The summed E-state index contributed by atoms with van der Waals surface area (Å²) in [6, 6.07) is 5.20. The second-order valence-electron chi connectivity index (χ2n) is 3.51. The minimum atomic E-state index is -4.22. The highest BCUT2D eigenvalue weighted by molar-refractivity contribution is 8.00. The Morgan fingerprint density at radius 3 is 2.78 bits per heavy atom. The van der Waals surface area contributed by atoms with Gasteiger partial charge in [-0.05, 0) is 36.1 Å². The highest BCUT2D eigenvalue weighted by Gasteiger charge is 2.27. The Bertz CT molecular complexity index is 618. The third-order valence-electron chi connectivity index (χ3n) is 2.34. The van der Waals surface area contributed by atoms with Crippen molar-refractivity contribution in [3.05, 3.63) is 28.0 Å². The Morgan fingerprint density at radius 1 is 1.39 bits per heavy atom. The molecule has 0 spiro atoms. The molecule has 2 aromatic rings. The lowest BCUT2D eigenvalue weighted by molar-refractivity contribution is -0.0328. The zero-order chi connectivity index (χ0) is 13.3. The van der Waals surface area contributed by atoms with E-state index in [0.29, 0.717) is 15.3 Å². The molecule has 0 aliphatic rings. The largest absolute Gasteiger partial charge is 0.441 e. The average molecular weight is 313 g/mol. The Balaban J connectivity index is 2.26. The molecule has 1 aromatic heterocycles. The molecule has 0 amide bonds. The number of hydrogen-bond donors (Lipinski definition) is 1. The number of aromatic nitrogens is 2. The van der Waals surface area contributed by atoms with Crippen molar-refractivity contribution in [3.8, 4) is 0 Å². The smallest absolute Gasteiger partial charge is 0.329 e. The molecule has 0 aliphatic heterocycles. The molecule has 0 aliphatic carbocycles. The van der Waals surface area contributed by atoms with E-state index >= 15 is 0 Å². The summed E-state index contributed by atoms with van der Waals surface area (Å²) in [4.78, 5) is 2.90. The molecule has 98 valence electrons. The number of para-hydroxylation sites is 1. The maximum atomic E-state index is 12.1. The first-order chi connectivity index (χ1) is 8.38. The molecule has 8 heteroatoms. The first kappa shape index (κ1) is 13.8. The Labute approximate surface area is 115 Å². The van der Waals surface area contributed by atoms with Crippen molar-refractivity contribution in [2.75, 3.05) is 5.75 Å². The summed E-state index contributed by atoms with van der Waals surface area (Å²) in [7, 11) is 0. The van der Waals surface area contributed by atoms with Crippen molar-refractivity contribution >= 4 is 46.6 Å². The molecule has 0 radical (unpaired) electrons. The second kappa shape index (κ2) is 5.14. The number of aryl methyl sites for hydroxylation is 1. The van der Waals surface area contributed by atoms with Crippen LogP contribution in [0.4, 0.5) is 13.2 Å². The van der Waals surface area contributed by atoms with Gasteiger partial charge in [0.2, 0.25) is 0 Å². The molecule has 0 unspecified atom stereocenters.